The van der Waals surface area contributed by atoms with Crippen molar-refractivity contribution in [2.45, 2.75) is 13.8 Å². The average molecular weight is 1030 g/mol. The molecule has 2 nitrogen and oxygen atoms in total. The second kappa shape index (κ2) is 23.5. The maximum absolute atomic E-state index is 2.34. The molecule has 0 N–H and O–H groups in total. The van der Waals surface area contributed by atoms with Gasteiger partial charge in [-0.2, -0.15) is 0 Å². The van der Waals surface area contributed by atoms with Crippen LogP contribution in [0.3, 0.4) is 0 Å². The van der Waals surface area contributed by atoms with Crippen LogP contribution in [0.1, 0.15) is 44.5 Å². The summed E-state index contributed by atoms with van der Waals surface area (Å²) in [6.45, 7) is 4.28. The van der Waals surface area contributed by atoms with E-state index in [1.54, 1.807) is 0 Å². The maximum atomic E-state index is 2.34. The highest BCUT2D eigenvalue weighted by molar-refractivity contribution is 5.94. The van der Waals surface area contributed by atoms with Crippen LogP contribution in [-0.4, -0.2) is 0 Å². The predicted octanol–water partition coefficient (Wildman–Crippen LogP) is 21.4. The van der Waals surface area contributed by atoms with Gasteiger partial charge in [0.25, 0.3) is 0 Å². The van der Waals surface area contributed by atoms with Crippen molar-refractivity contribution in [2.24, 2.45) is 0 Å². The molecule has 0 saturated heterocycles. The number of hydrogen-bond acceptors (Lipinski definition) is 2. The van der Waals surface area contributed by atoms with E-state index in [0.29, 0.717) is 0 Å². The predicted molar refractivity (Wildman–Crippen MR) is 341 cm³/mol. The van der Waals surface area contributed by atoms with Gasteiger partial charge in [-0.15, -0.1) is 0 Å². The summed E-state index contributed by atoms with van der Waals surface area (Å²) in [6.07, 6.45) is 4.60. The number of anilines is 6. The van der Waals surface area contributed by atoms with E-state index in [0.717, 1.165) is 56.4 Å². The zero-order valence-corrected chi connectivity index (χ0v) is 45.1. The Bertz CT molecular complexity index is 3730. The molecular formula is C78H60N2. The van der Waals surface area contributed by atoms with Gasteiger partial charge in [-0.05, 0) is 177 Å². The van der Waals surface area contributed by atoms with E-state index in [1.807, 2.05) is 0 Å². The first-order valence-corrected chi connectivity index (χ1v) is 27.5. The van der Waals surface area contributed by atoms with E-state index in [-0.39, 0.29) is 0 Å². The lowest BCUT2D eigenvalue weighted by Gasteiger charge is -2.26. The topological polar surface area (TPSA) is 6.48 Å². The van der Waals surface area contributed by atoms with Gasteiger partial charge in [-0.25, -0.2) is 0 Å². The second-order valence-electron chi connectivity index (χ2n) is 20.4. The molecule has 382 valence electrons. The van der Waals surface area contributed by atoms with Gasteiger partial charge in [0.15, 0.2) is 0 Å². The zero-order valence-electron chi connectivity index (χ0n) is 45.1. The van der Waals surface area contributed by atoms with E-state index >= 15 is 0 Å². The molecular weight excluding hydrogens is 965 g/mol. The highest BCUT2D eigenvalue weighted by atomic mass is 15.1. The van der Waals surface area contributed by atoms with E-state index in [2.05, 4.69) is 351 Å². The first kappa shape index (κ1) is 50.5. The molecule has 12 aromatic rings. The Labute approximate surface area is 471 Å². The minimum absolute atomic E-state index is 1.08. The van der Waals surface area contributed by atoms with Crippen LogP contribution in [0.25, 0.3) is 56.7 Å². The Morgan fingerprint density at radius 3 is 0.713 bits per heavy atom. The number of rotatable bonds is 15. The standard InChI is InChI=1S/C78H60N2/c1-57-23-43-71(44-24-57)79(73-47-27-59(28-48-73)55-77(67-19-11-5-12-20-67)69-35-31-63(32-36-69)61-15-7-3-8-16-61)75-51-39-65(40-52-75)66-41-53-76(54-42-66)80(72-45-25-58(2)26-46-72)74-49-29-60(30-50-74)56-78(68-21-13-6-14-22-68)70-37-33-64(34-38-70)62-17-9-4-10-18-62/h3-56H,1-2H3. The summed E-state index contributed by atoms with van der Waals surface area (Å²) in [7, 11) is 0. The Morgan fingerprint density at radius 1 is 0.212 bits per heavy atom. The maximum Gasteiger partial charge on any atom is 0.0462 e. The van der Waals surface area contributed by atoms with Crippen LogP contribution in [0.15, 0.2) is 315 Å². The van der Waals surface area contributed by atoms with Gasteiger partial charge in [0.1, 0.15) is 0 Å². The van der Waals surface area contributed by atoms with Crippen molar-refractivity contribution in [3.63, 3.8) is 0 Å². The SMILES string of the molecule is Cc1ccc(N(c2ccc(C=C(c3ccccc3)c3ccc(-c4ccccc4)cc3)cc2)c2ccc(-c3ccc(N(c4ccc(C)cc4)c4ccc(C=C(c5ccccc5)c5ccc(-c6ccccc6)cc5)cc4)cc3)cc2)cc1. The Balaban J connectivity index is 0.813. The second-order valence-corrected chi connectivity index (χ2v) is 20.4. The summed E-state index contributed by atoms with van der Waals surface area (Å²) in [5, 5.41) is 0. The molecule has 0 aliphatic carbocycles. The Kier molecular flexibility index (Phi) is 14.9. The molecule has 12 rings (SSSR count). The smallest absolute Gasteiger partial charge is 0.0462 e. The third-order valence-corrected chi connectivity index (χ3v) is 14.9. The molecule has 80 heavy (non-hydrogen) atoms. The van der Waals surface area contributed by atoms with E-state index in [4.69, 9.17) is 0 Å². The molecule has 0 unspecified atom stereocenters. The zero-order chi connectivity index (χ0) is 54.0. The minimum atomic E-state index is 1.08. The number of hydrogen-bond donors (Lipinski definition) is 0. The highest BCUT2D eigenvalue weighted by Crippen LogP contribution is 2.40. The summed E-state index contributed by atoms with van der Waals surface area (Å²) in [5.74, 6) is 0. The monoisotopic (exact) mass is 1020 g/mol. The van der Waals surface area contributed by atoms with Gasteiger partial charge in [-0.1, -0.05) is 254 Å². The fourth-order valence-corrected chi connectivity index (χ4v) is 10.5. The lowest BCUT2D eigenvalue weighted by Crippen LogP contribution is -2.10. The number of benzene rings is 12. The Hall–Kier alpha value is -10.3. The quantitative estimate of drug-likeness (QED) is 0.0944. The fraction of sp³-hybridized carbons (Fsp3) is 0.0256. The third kappa shape index (κ3) is 11.5. The van der Waals surface area contributed by atoms with Crippen LogP contribution in [0.4, 0.5) is 34.1 Å². The molecule has 0 saturated carbocycles. The van der Waals surface area contributed by atoms with Crippen LogP contribution >= 0.6 is 0 Å². The van der Waals surface area contributed by atoms with Crippen LogP contribution in [0, 0.1) is 13.8 Å². The summed E-state index contributed by atoms with van der Waals surface area (Å²) >= 11 is 0. The largest absolute Gasteiger partial charge is 0.311 e. The molecule has 0 radical (unpaired) electrons. The van der Waals surface area contributed by atoms with Crippen molar-refractivity contribution in [3.05, 3.63) is 360 Å². The van der Waals surface area contributed by atoms with Gasteiger partial charge < -0.3 is 9.80 Å². The van der Waals surface area contributed by atoms with Crippen molar-refractivity contribution in [2.75, 3.05) is 9.80 Å². The van der Waals surface area contributed by atoms with Crippen molar-refractivity contribution in [1.29, 1.82) is 0 Å². The fourth-order valence-electron chi connectivity index (χ4n) is 10.5. The van der Waals surface area contributed by atoms with E-state index in [1.165, 1.54) is 66.8 Å². The van der Waals surface area contributed by atoms with Crippen LogP contribution in [-0.2, 0) is 0 Å². The van der Waals surface area contributed by atoms with E-state index in [9.17, 15) is 0 Å². The van der Waals surface area contributed by atoms with Crippen molar-refractivity contribution >= 4 is 57.4 Å². The molecule has 12 aromatic carbocycles. The first-order valence-electron chi connectivity index (χ1n) is 27.5. The van der Waals surface area contributed by atoms with Crippen molar-refractivity contribution in [1.82, 2.24) is 0 Å². The Morgan fingerprint density at radius 2 is 0.425 bits per heavy atom. The van der Waals surface area contributed by atoms with Crippen molar-refractivity contribution in [3.8, 4) is 33.4 Å². The molecule has 0 heterocycles. The van der Waals surface area contributed by atoms with Gasteiger partial charge in [0, 0.05) is 34.1 Å². The lowest BCUT2D eigenvalue weighted by molar-refractivity contribution is 1.27. The summed E-state index contributed by atoms with van der Waals surface area (Å²) in [5.41, 5.74) is 25.5. The molecule has 0 bridgehead atoms. The van der Waals surface area contributed by atoms with Gasteiger partial charge in [0.2, 0.25) is 0 Å². The van der Waals surface area contributed by atoms with Gasteiger partial charge in [-0.3, -0.25) is 0 Å². The molecule has 0 aromatic heterocycles. The molecule has 0 amide bonds. The molecule has 2 heteroatoms. The third-order valence-electron chi connectivity index (χ3n) is 14.9. The van der Waals surface area contributed by atoms with E-state index < -0.39 is 0 Å². The molecule has 0 aliphatic rings. The first-order chi connectivity index (χ1) is 39.5. The molecule has 0 aliphatic heterocycles. The van der Waals surface area contributed by atoms with Crippen LogP contribution in [0.5, 0.6) is 0 Å². The number of aryl methyl sites for hydroxylation is 2. The van der Waals surface area contributed by atoms with Crippen LogP contribution in [0.2, 0.25) is 0 Å². The van der Waals surface area contributed by atoms with Gasteiger partial charge in [0.05, 0.1) is 0 Å². The summed E-state index contributed by atoms with van der Waals surface area (Å²) in [4.78, 5) is 4.68. The lowest BCUT2D eigenvalue weighted by atomic mass is 9.94. The number of nitrogens with zero attached hydrogens (tertiary/aromatic N) is 2. The highest BCUT2D eigenvalue weighted by Gasteiger charge is 2.17. The van der Waals surface area contributed by atoms with Crippen molar-refractivity contribution < 1.29 is 0 Å². The average Bonchev–Trinajstić information content (AvgIpc) is 3.62. The minimum Gasteiger partial charge on any atom is -0.311 e. The summed E-state index contributed by atoms with van der Waals surface area (Å²) < 4.78 is 0. The summed E-state index contributed by atoms with van der Waals surface area (Å²) in [6, 6.07) is 114. The molecule has 0 atom stereocenters. The molecule has 0 spiro atoms. The van der Waals surface area contributed by atoms with Crippen LogP contribution < -0.4 is 9.80 Å². The van der Waals surface area contributed by atoms with Gasteiger partial charge >= 0.3 is 0 Å². The molecule has 0 fully saturated rings. The normalized spacial score (nSPS) is 11.5.